The molecule has 2 aliphatic heterocycles. The quantitative estimate of drug-likeness (QED) is 0.255. The SMILES string of the molecule is O=C(N[C@H](Cc1ccc2ccccc2c1)C(=O)N1CCC(n2c(-c3ccccc3)nc3ccccc32)CC1)C1CCNCC1. The van der Waals surface area contributed by atoms with Gasteiger partial charge in [-0.05, 0) is 67.2 Å². The number of hydrogen-bond acceptors (Lipinski definition) is 4. The Bertz CT molecular complexity index is 1770. The van der Waals surface area contributed by atoms with E-state index in [1.54, 1.807) is 0 Å². The minimum atomic E-state index is -0.593. The maximum atomic E-state index is 14.2. The second kappa shape index (κ2) is 12.6. The first-order valence-corrected chi connectivity index (χ1v) is 15.9. The van der Waals surface area contributed by atoms with Gasteiger partial charge in [0.05, 0.1) is 11.0 Å². The van der Waals surface area contributed by atoms with E-state index in [1.807, 2.05) is 41.3 Å². The number of nitrogens with zero attached hydrogens (tertiary/aromatic N) is 3. The second-order valence-corrected chi connectivity index (χ2v) is 12.2. The van der Waals surface area contributed by atoms with Crippen molar-refractivity contribution in [2.75, 3.05) is 26.2 Å². The van der Waals surface area contributed by atoms with Gasteiger partial charge < -0.3 is 20.1 Å². The molecule has 2 amide bonds. The molecule has 7 heteroatoms. The molecular formula is C37H39N5O2. The number of likely N-dealkylation sites (tertiary alicyclic amines) is 1. The lowest BCUT2D eigenvalue weighted by Gasteiger charge is -2.36. The van der Waals surface area contributed by atoms with Crippen LogP contribution in [0.4, 0.5) is 0 Å². The third-order valence-electron chi connectivity index (χ3n) is 9.35. The molecule has 7 rings (SSSR count). The molecule has 1 aromatic heterocycles. The van der Waals surface area contributed by atoms with Crippen LogP contribution in [-0.4, -0.2) is 58.5 Å². The van der Waals surface area contributed by atoms with Crippen molar-refractivity contribution in [3.8, 4) is 11.4 Å². The summed E-state index contributed by atoms with van der Waals surface area (Å²) in [5.41, 5.74) is 4.26. The largest absolute Gasteiger partial charge is 0.344 e. The summed E-state index contributed by atoms with van der Waals surface area (Å²) in [5, 5.41) is 8.84. The highest BCUT2D eigenvalue weighted by molar-refractivity contribution is 5.89. The van der Waals surface area contributed by atoms with E-state index in [4.69, 9.17) is 4.98 Å². The molecule has 7 nitrogen and oxygen atoms in total. The summed E-state index contributed by atoms with van der Waals surface area (Å²) in [7, 11) is 0. The summed E-state index contributed by atoms with van der Waals surface area (Å²) >= 11 is 0. The van der Waals surface area contributed by atoms with Gasteiger partial charge in [0.25, 0.3) is 0 Å². The van der Waals surface area contributed by atoms with Gasteiger partial charge in [-0.1, -0.05) is 84.9 Å². The lowest BCUT2D eigenvalue weighted by molar-refractivity contribution is -0.138. The second-order valence-electron chi connectivity index (χ2n) is 12.2. The van der Waals surface area contributed by atoms with Crippen molar-refractivity contribution >= 4 is 33.6 Å². The summed E-state index contributed by atoms with van der Waals surface area (Å²) in [6.45, 7) is 2.95. The molecule has 3 heterocycles. The smallest absolute Gasteiger partial charge is 0.245 e. The molecule has 0 bridgehead atoms. The predicted molar refractivity (Wildman–Crippen MR) is 175 cm³/mol. The van der Waals surface area contributed by atoms with Gasteiger partial charge in [-0.3, -0.25) is 9.59 Å². The average molecular weight is 586 g/mol. The number of rotatable bonds is 7. The molecular weight excluding hydrogens is 546 g/mol. The first kappa shape index (κ1) is 28.3. The third-order valence-corrected chi connectivity index (χ3v) is 9.35. The number of nitrogens with one attached hydrogen (secondary N) is 2. The van der Waals surface area contributed by atoms with E-state index in [0.717, 1.165) is 72.1 Å². The normalized spacial score (nSPS) is 17.1. The van der Waals surface area contributed by atoms with Crippen molar-refractivity contribution in [3.63, 3.8) is 0 Å². The molecule has 1 atom stereocenters. The fraction of sp³-hybridized carbons (Fsp3) is 0.324. The van der Waals surface area contributed by atoms with E-state index >= 15 is 0 Å². The Morgan fingerprint density at radius 2 is 1.52 bits per heavy atom. The summed E-state index contributed by atoms with van der Waals surface area (Å²) in [4.78, 5) is 34.5. The molecule has 0 saturated carbocycles. The van der Waals surface area contributed by atoms with Crippen LogP contribution in [0.1, 0.15) is 37.3 Å². The average Bonchev–Trinajstić information content (AvgIpc) is 3.48. The van der Waals surface area contributed by atoms with Crippen molar-refractivity contribution in [2.45, 2.75) is 44.2 Å². The Balaban J connectivity index is 1.11. The number of piperidine rings is 2. The monoisotopic (exact) mass is 585 g/mol. The number of benzene rings is 4. The molecule has 2 saturated heterocycles. The van der Waals surface area contributed by atoms with E-state index in [0.29, 0.717) is 19.5 Å². The number of carbonyl (C=O) groups is 2. The molecule has 2 fully saturated rings. The first-order chi connectivity index (χ1) is 21.6. The van der Waals surface area contributed by atoms with Crippen LogP contribution in [0.15, 0.2) is 97.1 Å². The lowest BCUT2D eigenvalue weighted by atomic mass is 9.95. The fourth-order valence-electron chi connectivity index (χ4n) is 6.95. The van der Waals surface area contributed by atoms with Crippen molar-refractivity contribution < 1.29 is 9.59 Å². The van der Waals surface area contributed by atoms with Gasteiger partial charge in [-0.25, -0.2) is 4.98 Å². The van der Waals surface area contributed by atoms with Gasteiger partial charge in [0.1, 0.15) is 11.9 Å². The highest BCUT2D eigenvalue weighted by Gasteiger charge is 2.33. The van der Waals surface area contributed by atoms with Gasteiger partial charge in [0, 0.05) is 37.0 Å². The van der Waals surface area contributed by atoms with Gasteiger partial charge >= 0.3 is 0 Å². The summed E-state index contributed by atoms with van der Waals surface area (Å²) in [6.07, 6.45) is 3.74. The van der Waals surface area contributed by atoms with Gasteiger partial charge in [-0.15, -0.1) is 0 Å². The van der Waals surface area contributed by atoms with Crippen LogP contribution in [0.3, 0.4) is 0 Å². The van der Waals surface area contributed by atoms with E-state index < -0.39 is 6.04 Å². The van der Waals surface area contributed by atoms with Crippen LogP contribution < -0.4 is 10.6 Å². The maximum absolute atomic E-state index is 14.2. The highest BCUT2D eigenvalue weighted by Crippen LogP contribution is 2.33. The van der Waals surface area contributed by atoms with Gasteiger partial charge in [0.15, 0.2) is 0 Å². The van der Waals surface area contributed by atoms with Crippen molar-refractivity contribution in [1.82, 2.24) is 25.1 Å². The van der Waals surface area contributed by atoms with Gasteiger partial charge in [-0.2, -0.15) is 0 Å². The van der Waals surface area contributed by atoms with Crippen molar-refractivity contribution in [1.29, 1.82) is 0 Å². The van der Waals surface area contributed by atoms with E-state index in [-0.39, 0.29) is 23.8 Å². The Morgan fingerprint density at radius 3 is 2.32 bits per heavy atom. The Labute approximate surface area is 258 Å². The molecule has 224 valence electrons. The molecule has 0 aliphatic carbocycles. The number of para-hydroxylation sites is 2. The summed E-state index contributed by atoms with van der Waals surface area (Å²) < 4.78 is 2.37. The van der Waals surface area contributed by atoms with Crippen LogP contribution in [0.2, 0.25) is 0 Å². The van der Waals surface area contributed by atoms with Gasteiger partial charge in [0.2, 0.25) is 11.8 Å². The Morgan fingerprint density at radius 1 is 0.818 bits per heavy atom. The van der Waals surface area contributed by atoms with Crippen molar-refractivity contribution in [2.24, 2.45) is 5.92 Å². The molecule has 2 N–H and O–H groups in total. The van der Waals surface area contributed by atoms with Crippen LogP contribution in [0.25, 0.3) is 33.2 Å². The Hall–Kier alpha value is -4.49. The zero-order valence-corrected chi connectivity index (χ0v) is 25.0. The zero-order valence-electron chi connectivity index (χ0n) is 25.0. The number of fused-ring (bicyclic) bond motifs is 2. The fourth-order valence-corrected chi connectivity index (χ4v) is 6.95. The third kappa shape index (κ3) is 5.84. The molecule has 4 aromatic carbocycles. The minimum absolute atomic E-state index is 0.00193. The minimum Gasteiger partial charge on any atom is -0.344 e. The van der Waals surface area contributed by atoms with Crippen LogP contribution in [0, 0.1) is 5.92 Å². The first-order valence-electron chi connectivity index (χ1n) is 15.9. The van der Waals surface area contributed by atoms with Crippen LogP contribution >= 0.6 is 0 Å². The zero-order chi connectivity index (χ0) is 29.9. The number of carbonyl (C=O) groups excluding carboxylic acids is 2. The number of hydrogen-bond donors (Lipinski definition) is 2. The Kier molecular flexibility index (Phi) is 8.12. The number of aromatic nitrogens is 2. The summed E-state index contributed by atoms with van der Waals surface area (Å²) in [5.74, 6) is 0.926. The topological polar surface area (TPSA) is 79.3 Å². The van der Waals surface area contributed by atoms with Crippen LogP contribution in [-0.2, 0) is 16.0 Å². The van der Waals surface area contributed by atoms with E-state index in [9.17, 15) is 9.59 Å². The molecule has 5 aromatic rings. The van der Waals surface area contributed by atoms with Crippen molar-refractivity contribution in [3.05, 3.63) is 103 Å². The maximum Gasteiger partial charge on any atom is 0.245 e. The highest BCUT2D eigenvalue weighted by atomic mass is 16.2. The molecule has 44 heavy (non-hydrogen) atoms. The lowest BCUT2D eigenvalue weighted by Crippen LogP contribution is -2.53. The molecule has 0 radical (unpaired) electrons. The molecule has 2 aliphatic rings. The van der Waals surface area contributed by atoms with E-state index in [2.05, 4.69) is 75.9 Å². The number of amides is 2. The van der Waals surface area contributed by atoms with E-state index in [1.165, 1.54) is 5.39 Å². The standard InChI is InChI=1S/C37H39N5O2/c43-36(29-16-20-38-21-17-29)40-33(25-26-14-15-27-8-4-5-11-30(27)24-26)37(44)41-22-18-31(19-23-41)42-34-13-7-6-12-32(34)39-35(42)28-9-2-1-3-10-28/h1-15,24,29,31,33,38H,16-23,25H2,(H,40,43)/t33-/m1/s1. The molecule has 0 unspecified atom stereocenters. The number of imidazole rings is 1. The predicted octanol–water partition coefficient (Wildman–Crippen LogP) is 5.75. The summed E-state index contributed by atoms with van der Waals surface area (Å²) in [6, 6.07) is 32.9. The van der Waals surface area contributed by atoms with Crippen LogP contribution in [0.5, 0.6) is 0 Å². The molecule has 0 spiro atoms.